The number of hydrogen-bond donors (Lipinski definition) is 2. The second-order valence-electron chi connectivity index (χ2n) is 6.03. The second-order valence-corrected chi connectivity index (χ2v) is 7.09. The Balaban J connectivity index is 0.00000196. The van der Waals surface area contributed by atoms with Crippen LogP contribution in [0.3, 0.4) is 0 Å². The molecule has 136 valence electrons. The highest BCUT2D eigenvalue weighted by Crippen LogP contribution is 2.31. The molecule has 0 bridgehead atoms. The van der Waals surface area contributed by atoms with E-state index in [1.165, 1.54) is 4.88 Å². The Labute approximate surface area is 162 Å². The number of benzene rings is 1. The molecule has 4 rings (SSSR count). The Kier molecular flexibility index (Phi) is 6.03. The number of para-hydroxylation sites is 1. The van der Waals surface area contributed by atoms with Crippen molar-refractivity contribution in [3.8, 4) is 5.69 Å². The number of amides is 1. The van der Waals surface area contributed by atoms with Crippen LogP contribution in [0.15, 0.2) is 49.1 Å². The minimum atomic E-state index is -0.201. The van der Waals surface area contributed by atoms with E-state index in [1.54, 1.807) is 28.4 Å². The molecule has 2 aromatic heterocycles. The van der Waals surface area contributed by atoms with Crippen LogP contribution in [0.5, 0.6) is 0 Å². The molecule has 0 unspecified atom stereocenters. The van der Waals surface area contributed by atoms with Gasteiger partial charge in [0.05, 0.1) is 12.5 Å². The number of thiazole rings is 1. The fraction of sp³-hybridized carbons (Fsp3) is 0.278. The Morgan fingerprint density at radius 3 is 2.73 bits per heavy atom. The number of nitrogens with one attached hydrogen (secondary N) is 2. The maximum absolute atomic E-state index is 12.6. The maximum Gasteiger partial charge on any atom is 0.276 e. The Hall–Kier alpha value is -2.22. The van der Waals surface area contributed by atoms with Crippen molar-refractivity contribution < 1.29 is 4.79 Å². The lowest BCUT2D eigenvalue weighted by molar-refractivity contribution is 0.102. The van der Waals surface area contributed by atoms with E-state index in [9.17, 15) is 4.79 Å². The first-order valence-electron chi connectivity index (χ1n) is 8.37. The highest BCUT2D eigenvalue weighted by Gasteiger charge is 2.19. The monoisotopic (exact) mass is 389 g/mol. The number of piperidine rings is 1. The lowest BCUT2D eigenvalue weighted by Crippen LogP contribution is -2.26. The molecule has 2 N–H and O–H groups in total. The first-order chi connectivity index (χ1) is 12.3. The molecule has 0 aliphatic carbocycles. The van der Waals surface area contributed by atoms with Crippen LogP contribution < -0.4 is 10.6 Å². The van der Waals surface area contributed by atoms with Crippen LogP contribution in [0.2, 0.25) is 0 Å². The molecule has 3 aromatic rings. The number of aromatic nitrogens is 3. The summed E-state index contributed by atoms with van der Waals surface area (Å²) in [4.78, 5) is 22.4. The van der Waals surface area contributed by atoms with Gasteiger partial charge < -0.3 is 5.32 Å². The first kappa shape index (κ1) is 18.6. The summed E-state index contributed by atoms with van der Waals surface area (Å²) in [5.41, 5.74) is 1.39. The van der Waals surface area contributed by atoms with Gasteiger partial charge in [0.15, 0.2) is 5.13 Å². The molecule has 1 aliphatic rings. The summed E-state index contributed by atoms with van der Waals surface area (Å²) in [5, 5.41) is 6.91. The minimum Gasteiger partial charge on any atom is -0.317 e. The van der Waals surface area contributed by atoms with Gasteiger partial charge in [-0.05, 0) is 44.0 Å². The van der Waals surface area contributed by atoms with Crippen LogP contribution in [0.4, 0.5) is 5.13 Å². The molecular weight excluding hydrogens is 370 g/mol. The molecule has 0 atom stereocenters. The zero-order chi connectivity index (χ0) is 17.1. The summed E-state index contributed by atoms with van der Waals surface area (Å²) in [5.74, 6) is 0.340. The van der Waals surface area contributed by atoms with Crippen molar-refractivity contribution in [3.05, 3.63) is 59.6 Å². The van der Waals surface area contributed by atoms with E-state index in [0.717, 1.165) is 31.6 Å². The van der Waals surface area contributed by atoms with Gasteiger partial charge in [-0.3, -0.25) is 14.7 Å². The standard InChI is InChI=1S/C18H19N5OS.ClH/c24-17(15-10-20-12-23(15)14-4-2-1-3-5-14)22-18-21-11-16(25-18)13-6-8-19-9-7-13;/h1-5,10-13,19H,6-9H2,(H,21,22,24);1H. The van der Waals surface area contributed by atoms with Crippen LogP contribution in [-0.4, -0.2) is 33.5 Å². The van der Waals surface area contributed by atoms with Gasteiger partial charge in [0.25, 0.3) is 5.91 Å². The van der Waals surface area contributed by atoms with Crippen molar-refractivity contribution in [2.45, 2.75) is 18.8 Å². The van der Waals surface area contributed by atoms with Crippen molar-refractivity contribution in [2.24, 2.45) is 0 Å². The van der Waals surface area contributed by atoms with Gasteiger partial charge in [-0.25, -0.2) is 9.97 Å². The number of rotatable bonds is 4. The Morgan fingerprint density at radius 2 is 1.96 bits per heavy atom. The quantitative estimate of drug-likeness (QED) is 0.716. The topological polar surface area (TPSA) is 71.8 Å². The Morgan fingerprint density at radius 1 is 1.19 bits per heavy atom. The van der Waals surface area contributed by atoms with E-state index in [1.807, 2.05) is 36.5 Å². The molecule has 1 aromatic carbocycles. The molecule has 1 saturated heterocycles. The average Bonchev–Trinajstić information content (AvgIpc) is 3.33. The van der Waals surface area contributed by atoms with E-state index in [4.69, 9.17) is 0 Å². The van der Waals surface area contributed by atoms with Crippen molar-refractivity contribution in [2.75, 3.05) is 18.4 Å². The van der Waals surface area contributed by atoms with Crippen LogP contribution in [0.25, 0.3) is 5.69 Å². The third-order valence-electron chi connectivity index (χ3n) is 4.39. The van der Waals surface area contributed by atoms with E-state index < -0.39 is 0 Å². The summed E-state index contributed by atoms with van der Waals surface area (Å²) >= 11 is 1.57. The molecule has 8 heteroatoms. The number of nitrogens with zero attached hydrogens (tertiary/aromatic N) is 3. The van der Waals surface area contributed by atoms with Gasteiger partial charge in [-0.2, -0.15) is 0 Å². The molecule has 1 amide bonds. The molecule has 0 radical (unpaired) electrons. The predicted octanol–water partition coefficient (Wildman–Crippen LogP) is 3.47. The van der Waals surface area contributed by atoms with Gasteiger partial charge >= 0.3 is 0 Å². The third kappa shape index (κ3) is 3.95. The number of imidazole rings is 1. The van der Waals surface area contributed by atoms with E-state index in [0.29, 0.717) is 16.7 Å². The summed E-state index contributed by atoms with van der Waals surface area (Å²) in [6, 6.07) is 9.69. The van der Waals surface area contributed by atoms with Crippen molar-refractivity contribution in [3.63, 3.8) is 0 Å². The number of halogens is 1. The van der Waals surface area contributed by atoms with E-state index in [-0.39, 0.29) is 18.3 Å². The minimum absolute atomic E-state index is 0. The van der Waals surface area contributed by atoms with Crippen molar-refractivity contribution >= 4 is 34.8 Å². The first-order valence-corrected chi connectivity index (χ1v) is 9.18. The SMILES string of the molecule is Cl.O=C(Nc1ncc(C2CCNCC2)s1)c1cncn1-c1ccccc1. The van der Waals surface area contributed by atoms with Crippen LogP contribution >= 0.6 is 23.7 Å². The summed E-state index contributed by atoms with van der Waals surface area (Å²) in [6.45, 7) is 2.08. The zero-order valence-electron chi connectivity index (χ0n) is 14.1. The fourth-order valence-electron chi connectivity index (χ4n) is 3.06. The fourth-order valence-corrected chi connectivity index (χ4v) is 4.04. The predicted molar refractivity (Wildman–Crippen MR) is 106 cm³/mol. The normalized spacial score (nSPS) is 14.6. The molecule has 1 aliphatic heterocycles. The lowest BCUT2D eigenvalue weighted by atomic mass is 9.97. The van der Waals surface area contributed by atoms with E-state index >= 15 is 0 Å². The van der Waals surface area contributed by atoms with Gasteiger partial charge in [-0.15, -0.1) is 23.7 Å². The molecule has 6 nitrogen and oxygen atoms in total. The summed E-state index contributed by atoms with van der Waals surface area (Å²) < 4.78 is 1.77. The molecule has 1 fully saturated rings. The summed E-state index contributed by atoms with van der Waals surface area (Å²) in [7, 11) is 0. The van der Waals surface area contributed by atoms with Crippen molar-refractivity contribution in [1.29, 1.82) is 0 Å². The average molecular weight is 390 g/mol. The Bertz CT molecular complexity index is 857. The van der Waals surface area contributed by atoms with Gasteiger partial charge in [-0.1, -0.05) is 18.2 Å². The molecule has 0 saturated carbocycles. The third-order valence-corrected chi connectivity index (χ3v) is 5.47. The highest BCUT2D eigenvalue weighted by molar-refractivity contribution is 7.15. The highest BCUT2D eigenvalue weighted by atomic mass is 35.5. The van der Waals surface area contributed by atoms with Crippen molar-refractivity contribution in [1.82, 2.24) is 19.9 Å². The molecule has 3 heterocycles. The van der Waals surface area contributed by atoms with Crippen LogP contribution in [-0.2, 0) is 0 Å². The number of hydrogen-bond acceptors (Lipinski definition) is 5. The lowest BCUT2D eigenvalue weighted by Gasteiger charge is -2.20. The molecule has 0 spiro atoms. The van der Waals surface area contributed by atoms with Crippen LogP contribution in [0.1, 0.15) is 34.1 Å². The van der Waals surface area contributed by atoms with Gasteiger partial charge in [0.1, 0.15) is 5.69 Å². The molecular formula is C18H20ClN5OS. The van der Waals surface area contributed by atoms with Gasteiger partial charge in [0.2, 0.25) is 0 Å². The van der Waals surface area contributed by atoms with Gasteiger partial charge in [0, 0.05) is 16.8 Å². The van der Waals surface area contributed by atoms with E-state index in [2.05, 4.69) is 20.6 Å². The number of carbonyl (C=O) groups excluding carboxylic acids is 1. The number of anilines is 1. The smallest absolute Gasteiger partial charge is 0.276 e. The maximum atomic E-state index is 12.6. The summed E-state index contributed by atoms with van der Waals surface area (Å²) in [6.07, 6.45) is 7.35. The molecule has 26 heavy (non-hydrogen) atoms. The number of carbonyl (C=O) groups is 1. The largest absolute Gasteiger partial charge is 0.317 e. The zero-order valence-corrected chi connectivity index (χ0v) is 15.7. The van der Waals surface area contributed by atoms with Crippen LogP contribution in [0, 0.1) is 0 Å². The second kappa shape index (κ2) is 8.44.